The van der Waals surface area contributed by atoms with E-state index in [0.717, 1.165) is 24.1 Å². The van der Waals surface area contributed by atoms with Gasteiger partial charge in [-0.2, -0.15) is 5.26 Å². The van der Waals surface area contributed by atoms with Crippen LogP contribution >= 0.6 is 0 Å². The van der Waals surface area contributed by atoms with Gasteiger partial charge in [0.25, 0.3) is 0 Å². The standard InChI is InChI=1S/C18H22N2O2/c1-2-10-20(11-9-19)13-17(21)14-22-18-8-7-15-5-3-4-6-16(15)12-18/h3-8,12,17,21H,2,10-11,13-14H2,1H3. The van der Waals surface area contributed by atoms with E-state index in [2.05, 4.69) is 19.1 Å². The first-order valence-electron chi connectivity index (χ1n) is 7.62. The fourth-order valence-corrected chi connectivity index (χ4v) is 2.45. The summed E-state index contributed by atoms with van der Waals surface area (Å²) in [5, 5.41) is 21.1. The Balaban J connectivity index is 1.89. The minimum Gasteiger partial charge on any atom is -0.491 e. The number of nitriles is 1. The van der Waals surface area contributed by atoms with Crippen LogP contribution in [0.2, 0.25) is 0 Å². The summed E-state index contributed by atoms with van der Waals surface area (Å²) in [5.41, 5.74) is 0. The van der Waals surface area contributed by atoms with Crippen molar-refractivity contribution in [2.24, 2.45) is 0 Å². The van der Waals surface area contributed by atoms with Gasteiger partial charge in [0.15, 0.2) is 0 Å². The van der Waals surface area contributed by atoms with Gasteiger partial charge in [0, 0.05) is 6.54 Å². The average molecular weight is 298 g/mol. The van der Waals surface area contributed by atoms with Crippen LogP contribution in [0.15, 0.2) is 42.5 Å². The van der Waals surface area contributed by atoms with E-state index >= 15 is 0 Å². The van der Waals surface area contributed by atoms with E-state index in [1.807, 2.05) is 41.3 Å². The fraction of sp³-hybridized carbons (Fsp3) is 0.389. The van der Waals surface area contributed by atoms with Gasteiger partial charge in [0.2, 0.25) is 0 Å². The van der Waals surface area contributed by atoms with Gasteiger partial charge in [-0.15, -0.1) is 0 Å². The topological polar surface area (TPSA) is 56.5 Å². The van der Waals surface area contributed by atoms with Crippen molar-refractivity contribution < 1.29 is 9.84 Å². The van der Waals surface area contributed by atoms with Crippen LogP contribution in [-0.4, -0.2) is 42.4 Å². The maximum atomic E-state index is 10.1. The number of hydrogen-bond donors (Lipinski definition) is 1. The predicted molar refractivity (Wildman–Crippen MR) is 87.8 cm³/mol. The second-order valence-corrected chi connectivity index (χ2v) is 5.37. The molecule has 1 unspecified atom stereocenters. The van der Waals surface area contributed by atoms with Crippen LogP contribution in [-0.2, 0) is 0 Å². The Morgan fingerprint density at radius 2 is 2.00 bits per heavy atom. The van der Waals surface area contributed by atoms with Gasteiger partial charge in [0.1, 0.15) is 18.5 Å². The Kier molecular flexibility index (Phi) is 6.20. The van der Waals surface area contributed by atoms with E-state index in [-0.39, 0.29) is 6.61 Å². The summed E-state index contributed by atoms with van der Waals surface area (Å²) in [6.07, 6.45) is 0.353. The number of hydrogen-bond acceptors (Lipinski definition) is 4. The maximum Gasteiger partial charge on any atom is 0.120 e. The van der Waals surface area contributed by atoms with Crippen molar-refractivity contribution in [2.75, 3.05) is 26.2 Å². The minimum absolute atomic E-state index is 0.226. The molecule has 116 valence electrons. The number of ether oxygens (including phenoxy) is 1. The van der Waals surface area contributed by atoms with E-state index in [1.165, 1.54) is 5.39 Å². The lowest BCUT2D eigenvalue weighted by atomic mass is 10.1. The minimum atomic E-state index is -0.605. The van der Waals surface area contributed by atoms with E-state index in [9.17, 15) is 5.11 Å². The van der Waals surface area contributed by atoms with Crippen molar-refractivity contribution in [3.05, 3.63) is 42.5 Å². The van der Waals surface area contributed by atoms with Crippen LogP contribution in [0.1, 0.15) is 13.3 Å². The number of nitrogens with zero attached hydrogens (tertiary/aromatic N) is 2. The van der Waals surface area contributed by atoms with E-state index in [1.54, 1.807) is 0 Å². The van der Waals surface area contributed by atoms with Crippen molar-refractivity contribution in [2.45, 2.75) is 19.4 Å². The van der Waals surface area contributed by atoms with E-state index in [4.69, 9.17) is 10.00 Å². The van der Waals surface area contributed by atoms with Gasteiger partial charge in [0.05, 0.1) is 12.6 Å². The van der Waals surface area contributed by atoms with Gasteiger partial charge in [-0.3, -0.25) is 4.90 Å². The molecule has 0 aliphatic rings. The Morgan fingerprint density at radius 1 is 1.23 bits per heavy atom. The van der Waals surface area contributed by atoms with Crippen LogP contribution in [0.5, 0.6) is 5.75 Å². The molecule has 0 aliphatic heterocycles. The molecule has 2 aromatic rings. The maximum absolute atomic E-state index is 10.1. The fourth-order valence-electron chi connectivity index (χ4n) is 2.45. The molecule has 4 nitrogen and oxygen atoms in total. The first kappa shape index (κ1) is 16.3. The molecule has 0 aliphatic carbocycles. The zero-order valence-electron chi connectivity index (χ0n) is 12.9. The molecule has 0 saturated carbocycles. The molecule has 4 heteroatoms. The number of aliphatic hydroxyl groups is 1. The number of fused-ring (bicyclic) bond motifs is 1. The molecule has 1 N–H and O–H groups in total. The molecular weight excluding hydrogens is 276 g/mol. The molecule has 0 amide bonds. The highest BCUT2D eigenvalue weighted by molar-refractivity contribution is 5.83. The monoisotopic (exact) mass is 298 g/mol. The van der Waals surface area contributed by atoms with Crippen LogP contribution in [0.25, 0.3) is 10.8 Å². The summed E-state index contributed by atoms with van der Waals surface area (Å²) in [6.45, 7) is 3.88. The Bertz CT molecular complexity index is 636. The largest absolute Gasteiger partial charge is 0.491 e. The van der Waals surface area contributed by atoms with Gasteiger partial charge >= 0.3 is 0 Å². The van der Waals surface area contributed by atoms with E-state index in [0.29, 0.717) is 13.1 Å². The number of benzene rings is 2. The van der Waals surface area contributed by atoms with Crippen LogP contribution in [0.3, 0.4) is 0 Å². The molecule has 0 heterocycles. The lowest BCUT2D eigenvalue weighted by molar-refractivity contribution is 0.0725. The first-order chi connectivity index (χ1) is 10.7. The number of rotatable bonds is 8. The molecule has 0 fully saturated rings. The van der Waals surface area contributed by atoms with Gasteiger partial charge < -0.3 is 9.84 Å². The zero-order valence-corrected chi connectivity index (χ0v) is 12.9. The quantitative estimate of drug-likeness (QED) is 0.761. The third kappa shape index (κ3) is 4.73. The molecule has 0 bridgehead atoms. The van der Waals surface area contributed by atoms with Crippen molar-refractivity contribution >= 4 is 10.8 Å². The summed E-state index contributed by atoms with van der Waals surface area (Å²) < 4.78 is 5.67. The lowest BCUT2D eigenvalue weighted by Gasteiger charge is -2.22. The van der Waals surface area contributed by atoms with Gasteiger partial charge in [-0.25, -0.2) is 0 Å². The number of aliphatic hydroxyl groups excluding tert-OH is 1. The van der Waals surface area contributed by atoms with Gasteiger partial charge in [-0.05, 0) is 35.9 Å². The highest BCUT2D eigenvalue weighted by atomic mass is 16.5. The molecular formula is C18H22N2O2. The molecule has 0 radical (unpaired) electrons. The third-order valence-corrected chi connectivity index (χ3v) is 3.47. The van der Waals surface area contributed by atoms with Crippen molar-refractivity contribution in [1.29, 1.82) is 5.26 Å². The second kappa shape index (κ2) is 8.38. The highest BCUT2D eigenvalue weighted by Gasteiger charge is 2.11. The third-order valence-electron chi connectivity index (χ3n) is 3.47. The zero-order chi connectivity index (χ0) is 15.8. The Labute approximate surface area is 131 Å². The summed E-state index contributed by atoms with van der Waals surface area (Å²) >= 11 is 0. The molecule has 2 rings (SSSR count). The Hall–Kier alpha value is -2.09. The molecule has 1 atom stereocenters. The smallest absolute Gasteiger partial charge is 0.120 e. The normalized spacial score (nSPS) is 12.3. The summed E-state index contributed by atoms with van der Waals surface area (Å²) in [5.74, 6) is 0.750. The van der Waals surface area contributed by atoms with Crippen LogP contribution < -0.4 is 4.74 Å². The van der Waals surface area contributed by atoms with Crippen molar-refractivity contribution in [1.82, 2.24) is 4.90 Å². The SMILES string of the molecule is CCCN(CC#N)CC(O)COc1ccc2ccccc2c1. The highest BCUT2D eigenvalue weighted by Crippen LogP contribution is 2.20. The predicted octanol–water partition coefficient (Wildman–Crippen LogP) is 2.82. The van der Waals surface area contributed by atoms with Gasteiger partial charge in [-0.1, -0.05) is 37.3 Å². The summed E-state index contributed by atoms with van der Waals surface area (Å²) in [4.78, 5) is 1.94. The summed E-state index contributed by atoms with van der Waals surface area (Å²) in [7, 11) is 0. The first-order valence-corrected chi connectivity index (χ1v) is 7.62. The lowest BCUT2D eigenvalue weighted by Crippen LogP contribution is -2.36. The second-order valence-electron chi connectivity index (χ2n) is 5.37. The van der Waals surface area contributed by atoms with Crippen LogP contribution in [0, 0.1) is 11.3 Å². The molecule has 0 saturated heterocycles. The van der Waals surface area contributed by atoms with Crippen molar-refractivity contribution in [3.63, 3.8) is 0 Å². The summed E-state index contributed by atoms with van der Waals surface area (Å²) in [6, 6.07) is 16.1. The van der Waals surface area contributed by atoms with Crippen LogP contribution in [0.4, 0.5) is 0 Å². The molecule has 22 heavy (non-hydrogen) atoms. The average Bonchev–Trinajstić information content (AvgIpc) is 2.53. The van der Waals surface area contributed by atoms with Crippen molar-refractivity contribution in [3.8, 4) is 11.8 Å². The molecule has 2 aromatic carbocycles. The molecule has 0 aromatic heterocycles. The van der Waals surface area contributed by atoms with E-state index < -0.39 is 6.10 Å². The molecule has 0 spiro atoms. The Morgan fingerprint density at radius 3 is 2.73 bits per heavy atom.